The first-order valence-electron chi connectivity index (χ1n) is 6.92. The van der Waals surface area contributed by atoms with Crippen LogP contribution in [0.1, 0.15) is 39.0 Å². The lowest BCUT2D eigenvalue weighted by atomic mass is 9.95. The summed E-state index contributed by atoms with van der Waals surface area (Å²) in [5.41, 5.74) is 1.86. The standard InChI is InChI=1S/C16H19NO3/c1-12(18)17-14-7-9-15(10-8-14)20-16(19)11-13-5-3-2-4-6-13/h7-11H,2-6H2,1H3,(H,17,18). The van der Waals surface area contributed by atoms with E-state index in [2.05, 4.69) is 5.32 Å². The first kappa shape index (κ1) is 14.3. The normalized spacial score (nSPS) is 14.6. The van der Waals surface area contributed by atoms with E-state index in [0.29, 0.717) is 11.4 Å². The smallest absolute Gasteiger partial charge is 0.336 e. The van der Waals surface area contributed by atoms with Crippen molar-refractivity contribution in [1.82, 2.24) is 0 Å². The fraction of sp³-hybridized carbons (Fsp3) is 0.375. The van der Waals surface area contributed by atoms with Gasteiger partial charge in [-0.1, -0.05) is 12.0 Å². The minimum Gasteiger partial charge on any atom is -0.423 e. The average Bonchev–Trinajstić information content (AvgIpc) is 2.41. The molecule has 1 aromatic rings. The van der Waals surface area contributed by atoms with E-state index in [0.717, 1.165) is 25.7 Å². The summed E-state index contributed by atoms with van der Waals surface area (Å²) in [4.78, 5) is 22.7. The highest BCUT2D eigenvalue weighted by Crippen LogP contribution is 2.23. The molecule has 0 aliphatic heterocycles. The van der Waals surface area contributed by atoms with Gasteiger partial charge in [0.2, 0.25) is 5.91 Å². The predicted octanol–water partition coefficient (Wildman–Crippen LogP) is 3.44. The van der Waals surface area contributed by atoms with Crippen LogP contribution in [0.15, 0.2) is 35.9 Å². The Morgan fingerprint density at radius 2 is 1.75 bits per heavy atom. The molecule has 0 unspecified atom stereocenters. The summed E-state index contributed by atoms with van der Waals surface area (Å²) in [6.07, 6.45) is 7.17. The number of esters is 1. The molecule has 0 heterocycles. The number of ether oxygens (including phenoxy) is 1. The van der Waals surface area contributed by atoms with Crippen molar-refractivity contribution in [3.8, 4) is 5.75 Å². The van der Waals surface area contributed by atoms with Crippen LogP contribution < -0.4 is 10.1 Å². The molecule has 1 saturated carbocycles. The van der Waals surface area contributed by atoms with E-state index in [1.807, 2.05) is 0 Å². The lowest BCUT2D eigenvalue weighted by Crippen LogP contribution is -2.08. The quantitative estimate of drug-likeness (QED) is 0.521. The Morgan fingerprint density at radius 3 is 2.35 bits per heavy atom. The molecule has 1 N–H and O–H groups in total. The third kappa shape index (κ3) is 4.53. The Labute approximate surface area is 118 Å². The second-order valence-corrected chi connectivity index (χ2v) is 4.99. The van der Waals surface area contributed by atoms with Crippen LogP contribution in [0, 0.1) is 0 Å². The summed E-state index contributed by atoms with van der Waals surface area (Å²) in [6, 6.07) is 6.75. The van der Waals surface area contributed by atoms with Crippen LogP contribution in [0.25, 0.3) is 0 Å². The number of benzene rings is 1. The topological polar surface area (TPSA) is 55.4 Å². The molecule has 0 bridgehead atoms. The van der Waals surface area contributed by atoms with Gasteiger partial charge in [0.15, 0.2) is 0 Å². The van der Waals surface area contributed by atoms with Crippen LogP contribution in [0.3, 0.4) is 0 Å². The van der Waals surface area contributed by atoms with E-state index in [1.54, 1.807) is 30.3 Å². The van der Waals surface area contributed by atoms with Gasteiger partial charge < -0.3 is 10.1 Å². The fourth-order valence-corrected chi connectivity index (χ4v) is 2.27. The average molecular weight is 273 g/mol. The van der Waals surface area contributed by atoms with E-state index >= 15 is 0 Å². The van der Waals surface area contributed by atoms with Crippen LogP contribution in [0.5, 0.6) is 5.75 Å². The Morgan fingerprint density at radius 1 is 1.10 bits per heavy atom. The van der Waals surface area contributed by atoms with Gasteiger partial charge >= 0.3 is 5.97 Å². The number of carbonyl (C=O) groups is 2. The zero-order valence-corrected chi connectivity index (χ0v) is 11.6. The first-order chi connectivity index (χ1) is 9.63. The summed E-state index contributed by atoms with van der Waals surface area (Å²) in [7, 11) is 0. The van der Waals surface area contributed by atoms with Crippen molar-refractivity contribution in [2.45, 2.75) is 39.0 Å². The third-order valence-electron chi connectivity index (χ3n) is 3.21. The highest BCUT2D eigenvalue weighted by Gasteiger charge is 2.09. The van der Waals surface area contributed by atoms with E-state index in [-0.39, 0.29) is 11.9 Å². The molecule has 106 valence electrons. The van der Waals surface area contributed by atoms with Crippen molar-refractivity contribution < 1.29 is 14.3 Å². The van der Waals surface area contributed by atoms with Crippen LogP contribution in [0.4, 0.5) is 5.69 Å². The number of hydrogen-bond acceptors (Lipinski definition) is 3. The van der Waals surface area contributed by atoms with Gasteiger partial charge in [0.05, 0.1) is 0 Å². The van der Waals surface area contributed by atoms with Gasteiger partial charge in [-0.25, -0.2) is 4.79 Å². The van der Waals surface area contributed by atoms with Gasteiger partial charge in [-0.3, -0.25) is 4.79 Å². The summed E-state index contributed by atoms with van der Waals surface area (Å²) in [5.74, 6) is 0.0303. The molecule has 20 heavy (non-hydrogen) atoms. The molecule has 1 aromatic carbocycles. The lowest BCUT2D eigenvalue weighted by Gasteiger charge is -2.12. The van der Waals surface area contributed by atoms with E-state index < -0.39 is 0 Å². The molecule has 1 fully saturated rings. The monoisotopic (exact) mass is 273 g/mol. The maximum absolute atomic E-state index is 11.8. The van der Waals surface area contributed by atoms with Gasteiger partial charge in [0.1, 0.15) is 5.75 Å². The molecule has 0 radical (unpaired) electrons. The number of allylic oxidation sites excluding steroid dienone is 1. The molecule has 0 spiro atoms. The first-order valence-corrected chi connectivity index (χ1v) is 6.92. The zero-order chi connectivity index (χ0) is 14.4. The molecular weight excluding hydrogens is 254 g/mol. The maximum atomic E-state index is 11.8. The van der Waals surface area contributed by atoms with Crippen molar-refractivity contribution >= 4 is 17.6 Å². The predicted molar refractivity (Wildman–Crippen MR) is 77.5 cm³/mol. The minimum absolute atomic E-state index is 0.128. The molecule has 4 nitrogen and oxygen atoms in total. The number of amides is 1. The molecule has 4 heteroatoms. The molecule has 0 atom stereocenters. The number of rotatable bonds is 3. The Bertz CT molecular complexity index is 509. The number of hydrogen-bond donors (Lipinski definition) is 1. The van der Waals surface area contributed by atoms with Crippen LogP contribution in [-0.2, 0) is 9.59 Å². The minimum atomic E-state index is -0.325. The number of carbonyl (C=O) groups excluding carboxylic acids is 2. The van der Waals surface area contributed by atoms with E-state index in [4.69, 9.17) is 4.74 Å². The zero-order valence-electron chi connectivity index (χ0n) is 11.6. The largest absolute Gasteiger partial charge is 0.423 e. The molecule has 1 aliphatic rings. The van der Waals surface area contributed by atoms with Crippen molar-refractivity contribution in [1.29, 1.82) is 0 Å². The van der Waals surface area contributed by atoms with Gasteiger partial charge in [-0.05, 0) is 49.9 Å². The van der Waals surface area contributed by atoms with Gasteiger partial charge in [0, 0.05) is 18.7 Å². The van der Waals surface area contributed by atoms with Crippen LogP contribution >= 0.6 is 0 Å². The second kappa shape index (κ2) is 6.89. The Hall–Kier alpha value is -2.10. The van der Waals surface area contributed by atoms with E-state index in [9.17, 15) is 9.59 Å². The summed E-state index contributed by atoms with van der Waals surface area (Å²) >= 11 is 0. The molecule has 0 aromatic heterocycles. The molecular formula is C16H19NO3. The van der Waals surface area contributed by atoms with Crippen molar-refractivity contribution in [2.24, 2.45) is 0 Å². The van der Waals surface area contributed by atoms with Gasteiger partial charge in [-0.15, -0.1) is 0 Å². The van der Waals surface area contributed by atoms with Gasteiger partial charge in [-0.2, -0.15) is 0 Å². The highest BCUT2D eigenvalue weighted by atomic mass is 16.5. The molecule has 1 amide bonds. The van der Waals surface area contributed by atoms with Crippen molar-refractivity contribution in [2.75, 3.05) is 5.32 Å². The van der Waals surface area contributed by atoms with Crippen LogP contribution in [-0.4, -0.2) is 11.9 Å². The third-order valence-corrected chi connectivity index (χ3v) is 3.21. The second-order valence-electron chi connectivity index (χ2n) is 4.99. The fourth-order valence-electron chi connectivity index (χ4n) is 2.27. The summed E-state index contributed by atoms with van der Waals surface area (Å²) in [5, 5.41) is 2.66. The Kier molecular flexibility index (Phi) is 4.93. The lowest BCUT2D eigenvalue weighted by molar-refractivity contribution is -0.129. The molecule has 0 saturated heterocycles. The van der Waals surface area contributed by atoms with E-state index in [1.165, 1.54) is 18.9 Å². The maximum Gasteiger partial charge on any atom is 0.336 e. The molecule has 1 aliphatic carbocycles. The Balaban J connectivity index is 1.92. The number of anilines is 1. The van der Waals surface area contributed by atoms with Gasteiger partial charge in [0.25, 0.3) is 0 Å². The number of nitrogens with one attached hydrogen (secondary N) is 1. The summed E-state index contributed by atoms with van der Waals surface area (Å²) in [6.45, 7) is 1.45. The SMILES string of the molecule is CC(=O)Nc1ccc(OC(=O)C=C2CCCCC2)cc1. The highest BCUT2D eigenvalue weighted by molar-refractivity contribution is 5.89. The molecule has 2 rings (SSSR count). The van der Waals surface area contributed by atoms with Crippen molar-refractivity contribution in [3.63, 3.8) is 0 Å². The van der Waals surface area contributed by atoms with Crippen molar-refractivity contribution in [3.05, 3.63) is 35.9 Å². The van der Waals surface area contributed by atoms with Crippen LogP contribution in [0.2, 0.25) is 0 Å². The summed E-state index contributed by atoms with van der Waals surface area (Å²) < 4.78 is 5.25.